The highest BCUT2D eigenvalue weighted by Gasteiger charge is 2.21. The Hall–Kier alpha value is -0.830. The third-order valence-corrected chi connectivity index (χ3v) is 5.75. The van der Waals surface area contributed by atoms with Crippen molar-refractivity contribution in [1.82, 2.24) is 15.5 Å². The van der Waals surface area contributed by atoms with E-state index in [0.717, 1.165) is 38.3 Å². The van der Waals surface area contributed by atoms with Crippen molar-refractivity contribution < 1.29 is 4.79 Å². The van der Waals surface area contributed by atoms with Gasteiger partial charge in [-0.15, -0.1) is 35.3 Å². The van der Waals surface area contributed by atoms with Gasteiger partial charge in [0.2, 0.25) is 5.91 Å². The Labute approximate surface area is 185 Å². The molecule has 1 aliphatic rings. The molecule has 0 spiro atoms. The van der Waals surface area contributed by atoms with Crippen LogP contribution in [0.15, 0.2) is 16.4 Å². The molecule has 0 aliphatic carbocycles. The smallest absolute Gasteiger partial charge is 0.224 e. The van der Waals surface area contributed by atoms with E-state index in [1.807, 2.05) is 4.90 Å². The van der Waals surface area contributed by atoms with Gasteiger partial charge in [0, 0.05) is 44.0 Å². The van der Waals surface area contributed by atoms with Crippen LogP contribution >= 0.6 is 35.3 Å². The molecular formula is C20H35IN4OS. The summed E-state index contributed by atoms with van der Waals surface area (Å²) < 4.78 is 0. The number of nitrogens with one attached hydrogen (secondary N) is 2. The van der Waals surface area contributed by atoms with Crippen molar-refractivity contribution in [1.29, 1.82) is 0 Å². The van der Waals surface area contributed by atoms with E-state index in [0.29, 0.717) is 24.4 Å². The fourth-order valence-electron chi connectivity index (χ4n) is 3.06. The molecule has 1 aromatic heterocycles. The Kier molecular flexibility index (Phi) is 10.1. The maximum atomic E-state index is 12.5. The van der Waals surface area contributed by atoms with E-state index in [9.17, 15) is 4.79 Å². The predicted octanol–water partition coefficient (Wildman–Crippen LogP) is 4.02. The molecule has 1 aromatic rings. The van der Waals surface area contributed by atoms with Crippen molar-refractivity contribution in [3.05, 3.63) is 21.9 Å². The van der Waals surface area contributed by atoms with Gasteiger partial charge < -0.3 is 15.5 Å². The highest BCUT2D eigenvalue weighted by molar-refractivity contribution is 14.0. The number of rotatable bonds is 6. The minimum Gasteiger partial charge on any atom is -0.356 e. The number of carbonyl (C=O) groups excluding carboxylic acids is 1. The fourth-order valence-corrected chi connectivity index (χ4v) is 3.95. The first-order valence-corrected chi connectivity index (χ1v) is 10.5. The summed E-state index contributed by atoms with van der Waals surface area (Å²) >= 11 is 1.80. The monoisotopic (exact) mass is 506 g/mol. The first kappa shape index (κ1) is 24.2. The van der Waals surface area contributed by atoms with Gasteiger partial charge >= 0.3 is 0 Å². The lowest BCUT2D eigenvalue weighted by atomic mass is 9.89. The summed E-state index contributed by atoms with van der Waals surface area (Å²) in [5.41, 5.74) is 1.66. The lowest BCUT2D eigenvalue weighted by Gasteiger charge is -2.27. The molecule has 1 unspecified atom stereocenters. The summed E-state index contributed by atoms with van der Waals surface area (Å²) in [7, 11) is 1.77. The molecular weight excluding hydrogens is 471 g/mol. The van der Waals surface area contributed by atoms with E-state index in [2.05, 4.69) is 54.8 Å². The van der Waals surface area contributed by atoms with Crippen LogP contribution in [0.1, 0.15) is 57.4 Å². The molecule has 27 heavy (non-hydrogen) atoms. The van der Waals surface area contributed by atoms with Crippen LogP contribution in [-0.2, 0) is 17.8 Å². The van der Waals surface area contributed by atoms with Crippen molar-refractivity contribution in [2.24, 2.45) is 10.4 Å². The Morgan fingerprint density at radius 3 is 2.81 bits per heavy atom. The van der Waals surface area contributed by atoms with Crippen molar-refractivity contribution in [2.75, 3.05) is 20.1 Å². The molecule has 1 atom stereocenters. The number of halogens is 1. The lowest BCUT2D eigenvalue weighted by Crippen LogP contribution is -2.44. The lowest BCUT2D eigenvalue weighted by molar-refractivity contribution is -0.131. The number of aliphatic imine (C=N–C) groups is 1. The summed E-state index contributed by atoms with van der Waals surface area (Å²) in [5.74, 6) is 0.989. The van der Waals surface area contributed by atoms with Crippen molar-refractivity contribution in [3.8, 4) is 0 Å². The maximum Gasteiger partial charge on any atom is 0.224 e. The molecule has 1 amide bonds. The van der Waals surface area contributed by atoms with Gasteiger partial charge in [-0.2, -0.15) is 0 Å². The van der Waals surface area contributed by atoms with Crippen LogP contribution in [0.4, 0.5) is 0 Å². The first-order valence-electron chi connectivity index (χ1n) is 9.58. The second-order valence-corrected chi connectivity index (χ2v) is 9.33. The highest BCUT2D eigenvalue weighted by Crippen LogP contribution is 2.24. The third-order valence-electron chi connectivity index (χ3n) is 4.73. The maximum absolute atomic E-state index is 12.5. The molecule has 0 radical (unpaired) electrons. The topological polar surface area (TPSA) is 56.7 Å². The van der Waals surface area contributed by atoms with Crippen molar-refractivity contribution in [2.45, 2.75) is 66.0 Å². The molecule has 5 nitrogen and oxygen atoms in total. The van der Waals surface area contributed by atoms with Gasteiger partial charge in [0.05, 0.1) is 0 Å². The largest absolute Gasteiger partial charge is 0.356 e. The van der Waals surface area contributed by atoms with Crippen molar-refractivity contribution in [3.63, 3.8) is 0 Å². The molecule has 0 fully saturated rings. The number of fused-ring (bicyclic) bond motifs is 1. The number of nitrogens with zero attached hydrogens (tertiary/aromatic N) is 2. The van der Waals surface area contributed by atoms with Gasteiger partial charge in [0.15, 0.2) is 5.96 Å². The van der Waals surface area contributed by atoms with Gasteiger partial charge in [-0.1, -0.05) is 20.8 Å². The number of amides is 1. The molecule has 1 aliphatic heterocycles. The molecule has 0 bridgehead atoms. The van der Waals surface area contributed by atoms with Gasteiger partial charge in [-0.05, 0) is 48.6 Å². The summed E-state index contributed by atoms with van der Waals surface area (Å²) in [6, 6.07) is 2.50. The van der Waals surface area contributed by atoms with Gasteiger partial charge in [-0.25, -0.2) is 0 Å². The van der Waals surface area contributed by atoms with Crippen LogP contribution in [0.25, 0.3) is 0 Å². The zero-order valence-electron chi connectivity index (χ0n) is 17.3. The minimum absolute atomic E-state index is 0. The first-order chi connectivity index (χ1) is 12.3. The van der Waals surface area contributed by atoms with Crippen LogP contribution in [0.2, 0.25) is 0 Å². The number of carbonyl (C=O) groups is 1. The SMILES string of the molecule is CN=C(NCCC(=O)N1CCc2sccc2C1)NC(C)CCC(C)(C)C.I. The second kappa shape index (κ2) is 11.2. The third kappa shape index (κ3) is 8.37. The van der Waals surface area contributed by atoms with E-state index in [1.54, 1.807) is 18.4 Å². The Morgan fingerprint density at radius 1 is 1.41 bits per heavy atom. The molecule has 2 N–H and O–H groups in total. The van der Waals surface area contributed by atoms with Gasteiger partial charge in [0.25, 0.3) is 0 Å². The summed E-state index contributed by atoms with van der Waals surface area (Å²) in [6.45, 7) is 11.2. The average molecular weight is 506 g/mol. The molecule has 0 saturated carbocycles. The van der Waals surface area contributed by atoms with E-state index >= 15 is 0 Å². The van der Waals surface area contributed by atoms with E-state index in [-0.39, 0.29) is 29.9 Å². The highest BCUT2D eigenvalue weighted by atomic mass is 127. The zero-order chi connectivity index (χ0) is 19.2. The van der Waals surface area contributed by atoms with Crippen LogP contribution < -0.4 is 10.6 Å². The summed E-state index contributed by atoms with van der Waals surface area (Å²) in [5, 5.41) is 8.81. The molecule has 2 heterocycles. The predicted molar refractivity (Wildman–Crippen MR) is 126 cm³/mol. The van der Waals surface area contributed by atoms with Gasteiger partial charge in [-0.3, -0.25) is 9.79 Å². The van der Waals surface area contributed by atoms with Crippen molar-refractivity contribution >= 4 is 47.2 Å². The number of thiophene rings is 1. The average Bonchev–Trinajstić information content (AvgIpc) is 3.06. The normalized spacial score (nSPS) is 15.6. The van der Waals surface area contributed by atoms with E-state index in [1.165, 1.54) is 10.4 Å². The van der Waals surface area contributed by atoms with Crippen LogP contribution in [0, 0.1) is 5.41 Å². The quantitative estimate of drug-likeness (QED) is 0.348. The zero-order valence-corrected chi connectivity index (χ0v) is 20.4. The van der Waals surface area contributed by atoms with Crippen LogP contribution in [-0.4, -0.2) is 42.9 Å². The van der Waals surface area contributed by atoms with E-state index < -0.39 is 0 Å². The molecule has 0 aromatic carbocycles. The summed E-state index contributed by atoms with van der Waals surface area (Å²) in [4.78, 5) is 20.1. The Balaban J connectivity index is 0.00000364. The Morgan fingerprint density at radius 2 is 2.15 bits per heavy atom. The molecule has 154 valence electrons. The number of hydrogen-bond acceptors (Lipinski definition) is 3. The standard InChI is InChI=1S/C20H34N4OS.HI/c1-15(6-10-20(2,3)4)23-19(21-5)22-11-7-18(25)24-12-8-17-16(14-24)9-13-26-17;/h9,13,15H,6-8,10-12,14H2,1-5H3,(H2,21,22,23);1H. The van der Waals surface area contributed by atoms with E-state index in [4.69, 9.17) is 0 Å². The molecule has 0 saturated heterocycles. The van der Waals surface area contributed by atoms with Gasteiger partial charge in [0.1, 0.15) is 0 Å². The fraction of sp³-hybridized carbons (Fsp3) is 0.700. The van der Waals surface area contributed by atoms with Crippen LogP contribution in [0.3, 0.4) is 0 Å². The minimum atomic E-state index is 0. The number of guanidine groups is 1. The summed E-state index contributed by atoms with van der Waals surface area (Å²) in [6.07, 6.45) is 3.74. The van der Waals surface area contributed by atoms with Crippen LogP contribution in [0.5, 0.6) is 0 Å². The second-order valence-electron chi connectivity index (χ2n) is 8.33. The number of hydrogen-bond donors (Lipinski definition) is 2. The molecule has 7 heteroatoms. The molecule has 2 rings (SSSR count). The Bertz CT molecular complexity index is 624.